The van der Waals surface area contributed by atoms with Crippen molar-refractivity contribution in [2.24, 2.45) is 11.8 Å². The topological polar surface area (TPSA) is 20.2 Å². The molecule has 1 saturated carbocycles. The van der Waals surface area contributed by atoms with Gasteiger partial charge in [-0.3, -0.25) is 0 Å². The number of halogens is 3. The molecule has 0 amide bonds. The number of rotatable bonds is 1. The minimum absolute atomic E-state index is 0.322. The van der Waals surface area contributed by atoms with Gasteiger partial charge in [0.15, 0.2) is 0 Å². The summed E-state index contributed by atoms with van der Waals surface area (Å²) in [5.74, 6) is 0.645. The van der Waals surface area contributed by atoms with Gasteiger partial charge in [0.2, 0.25) is 0 Å². The van der Waals surface area contributed by atoms with E-state index in [1.165, 1.54) is 6.07 Å². The van der Waals surface area contributed by atoms with E-state index in [4.69, 9.17) is 0 Å². The molecule has 0 heterocycles. The lowest BCUT2D eigenvalue weighted by Gasteiger charge is -2.39. The lowest BCUT2D eigenvalue weighted by atomic mass is 9.70. The van der Waals surface area contributed by atoms with E-state index in [-0.39, 0.29) is 0 Å². The van der Waals surface area contributed by atoms with E-state index < -0.39 is 17.3 Å². The molecule has 1 aliphatic rings. The molecule has 1 nitrogen and oxygen atoms in total. The van der Waals surface area contributed by atoms with Crippen molar-refractivity contribution < 1.29 is 18.3 Å². The average Bonchev–Trinajstić information content (AvgIpc) is 2.26. The van der Waals surface area contributed by atoms with Gasteiger partial charge in [0, 0.05) is 0 Å². The van der Waals surface area contributed by atoms with E-state index in [1.807, 2.05) is 13.8 Å². The predicted molar refractivity (Wildman–Crippen MR) is 67.5 cm³/mol. The van der Waals surface area contributed by atoms with Crippen molar-refractivity contribution in [2.45, 2.75) is 44.9 Å². The van der Waals surface area contributed by atoms with Crippen molar-refractivity contribution in [2.75, 3.05) is 0 Å². The Morgan fingerprint density at radius 3 is 2.26 bits per heavy atom. The van der Waals surface area contributed by atoms with Gasteiger partial charge in [-0.05, 0) is 48.8 Å². The summed E-state index contributed by atoms with van der Waals surface area (Å²) in [4.78, 5) is 0. The summed E-state index contributed by atoms with van der Waals surface area (Å²) < 4.78 is 38.2. The van der Waals surface area contributed by atoms with Crippen molar-refractivity contribution in [3.8, 4) is 0 Å². The molecule has 0 saturated heterocycles. The molecule has 106 valence electrons. The smallest absolute Gasteiger partial charge is 0.385 e. The molecule has 0 aromatic heterocycles. The molecule has 1 aromatic rings. The van der Waals surface area contributed by atoms with Crippen molar-refractivity contribution in [3.05, 3.63) is 35.4 Å². The molecule has 0 bridgehead atoms. The molecule has 2 atom stereocenters. The number of alkyl halides is 3. The van der Waals surface area contributed by atoms with Crippen LogP contribution in [0.15, 0.2) is 24.3 Å². The molecule has 0 aliphatic heterocycles. The fraction of sp³-hybridized carbons (Fsp3) is 0.600. The zero-order valence-electron chi connectivity index (χ0n) is 11.2. The van der Waals surface area contributed by atoms with Crippen molar-refractivity contribution in [1.29, 1.82) is 0 Å². The maximum Gasteiger partial charge on any atom is 0.416 e. The first kappa shape index (κ1) is 14.4. The molecule has 1 aliphatic carbocycles. The van der Waals surface area contributed by atoms with Gasteiger partial charge in [-0.1, -0.05) is 26.0 Å². The van der Waals surface area contributed by atoms with Crippen LogP contribution in [0, 0.1) is 11.8 Å². The Bertz CT molecular complexity index is 443. The number of hydrogen-bond donors (Lipinski definition) is 1. The summed E-state index contributed by atoms with van der Waals surface area (Å²) in [6.07, 6.45) is -2.29. The number of benzene rings is 1. The van der Waals surface area contributed by atoms with E-state index in [0.29, 0.717) is 30.2 Å². The highest BCUT2D eigenvalue weighted by atomic mass is 19.4. The van der Waals surface area contributed by atoms with E-state index in [1.54, 1.807) is 6.07 Å². The summed E-state index contributed by atoms with van der Waals surface area (Å²) in [5, 5.41) is 10.7. The van der Waals surface area contributed by atoms with Gasteiger partial charge in [0.05, 0.1) is 11.2 Å². The maximum atomic E-state index is 12.7. The Labute approximate surface area is 111 Å². The molecule has 1 aromatic carbocycles. The predicted octanol–water partition coefficient (Wildman–Crippen LogP) is 4.35. The molecular formula is C15H19F3O. The van der Waals surface area contributed by atoms with E-state index in [0.717, 1.165) is 18.6 Å². The van der Waals surface area contributed by atoms with Crippen LogP contribution in [0.25, 0.3) is 0 Å². The minimum atomic E-state index is -4.36. The average molecular weight is 272 g/mol. The van der Waals surface area contributed by atoms with E-state index >= 15 is 0 Å². The third kappa shape index (κ3) is 3.11. The lowest BCUT2D eigenvalue weighted by molar-refractivity contribution is -0.137. The van der Waals surface area contributed by atoms with Gasteiger partial charge in [-0.25, -0.2) is 0 Å². The zero-order valence-corrected chi connectivity index (χ0v) is 11.2. The number of hydrogen-bond acceptors (Lipinski definition) is 1. The van der Waals surface area contributed by atoms with Crippen molar-refractivity contribution in [3.63, 3.8) is 0 Å². The van der Waals surface area contributed by atoms with Gasteiger partial charge in [-0.2, -0.15) is 13.2 Å². The summed E-state index contributed by atoms with van der Waals surface area (Å²) >= 11 is 0. The first-order valence-corrected chi connectivity index (χ1v) is 6.61. The van der Waals surface area contributed by atoms with Crippen LogP contribution >= 0.6 is 0 Å². The van der Waals surface area contributed by atoms with Gasteiger partial charge >= 0.3 is 6.18 Å². The fourth-order valence-corrected chi connectivity index (χ4v) is 3.31. The highest BCUT2D eigenvalue weighted by molar-refractivity contribution is 5.30. The minimum Gasteiger partial charge on any atom is -0.385 e. The standard InChI is InChI=1S/C15H19F3O/c1-10-6-11(2)9-14(19,8-10)12-4-3-5-13(7-12)15(16,17)18/h3-5,7,10-11,19H,6,8-9H2,1-2H3. The van der Waals surface area contributed by atoms with Crippen LogP contribution in [-0.2, 0) is 11.8 Å². The zero-order chi connectivity index (χ0) is 14.3. The van der Waals surface area contributed by atoms with Gasteiger partial charge < -0.3 is 5.11 Å². The number of aliphatic hydroxyl groups is 1. The first-order valence-electron chi connectivity index (χ1n) is 6.61. The molecular weight excluding hydrogens is 253 g/mol. The maximum absolute atomic E-state index is 12.7. The third-order valence-corrected chi connectivity index (χ3v) is 3.90. The third-order valence-electron chi connectivity index (χ3n) is 3.90. The second kappa shape index (κ2) is 4.82. The Balaban J connectivity index is 2.35. The molecule has 1 fully saturated rings. The van der Waals surface area contributed by atoms with Crippen LogP contribution < -0.4 is 0 Å². The normalized spacial score (nSPS) is 32.3. The molecule has 0 radical (unpaired) electrons. The molecule has 0 spiro atoms. The highest BCUT2D eigenvalue weighted by Crippen LogP contribution is 2.43. The largest absolute Gasteiger partial charge is 0.416 e. The van der Waals surface area contributed by atoms with Crippen LogP contribution in [-0.4, -0.2) is 5.11 Å². The Hall–Kier alpha value is -1.03. The van der Waals surface area contributed by atoms with Crippen molar-refractivity contribution in [1.82, 2.24) is 0 Å². The summed E-state index contributed by atoms with van der Waals surface area (Å²) in [7, 11) is 0. The molecule has 2 rings (SSSR count). The van der Waals surface area contributed by atoms with Crippen LogP contribution in [0.1, 0.15) is 44.2 Å². The van der Waals surface area contributed by atoms with Gasteiger partial charge in [0.25, 0.3) is 0 Å². The second-order valence-corrected chi connectivity index (χ2v) is 5.96. The van der Waals surface area contributed by atoms with Gasteiger partial charge in [-0.15, -0.1) is 0 Å². The lowest BCUT2D eigenvalue weighted by Crippen LogP contribution is -2.35. The molecule has 19 heavy (non-hydrogen) atoms. The highest BCUT2D eigenvalue weighted by Gasteiger charge is 2.39. The SMILES string of the molecule is CC1CC(C)CC(O)(c2cccc(C(F)(F)F)c2)C1. The Morgan fingerprint density at radius 2 is 1.74 bits per heavy atom. The van der Waals surface area contributed by atoms with Crippen LogP contribution in [0.3, 0.4) is 0 Å². The summed E-state index contributed by atoms with van der Waals surface area (Å²) in [5.41, 5.74) is -1.43. The second-order valence-electron chi connectivity index (χ2n) is 5.96. The summed E-state index contributed by atoms with van der Waals surface area (Å²) in [6, 6.07) is 5.10. The monoisotopic (exact) mass is 272 g/mol. The van der Waals surface area contributed by atoms with Gasteiger partial charge in [0.1, 0.15) is 0 Å². The van der Waals surface area contributed by atoms with E-state index in [9.17, 15) is 18.3 Å². The Kier molecular flexibility index (Phi) is 3.65. The van der Waals surface area contributed by atoms with E-state index in [2.05, 4.69) is 0 Å². The first-order chi connectivity index (χ1) is 8.71. The summed E-state index contributed by atoms with van der Waals surface area (Å²) in [6.45, 7) is 4.07. The van der Waals surface area contributed by atoms with Crippen LogP contribution in [0.2, 0.25) is 0 Å². The van der Waals surface area contributed by atoms with Crippen molar-refractivity contribution >= 4 is 0 Å². The fourth-order valence-electron chi connectivity index (χ4n) is 3.31. The molecule has 2 unspecified atom stereocenters. The molecule has 4 heteroatoms. The van der Waals surface area contributed by atoms with Crippen LogP contribution in [0.4, 0.5) is 13.2 Å². The Morgan fingerprint density at radius 1 is 1.16 bits per heavy atom. The van der Waals surface area contributed by atoms with Crippen LogP contribution in [0.5, 0.6) is 0 Å². The molecule has 1 N–H and O–H groups in total. The quantitative estimate of drug-likeness (QED) is 0.806.